The van der Waals surface area contributed by atoms with Gasteiger partial charge in [0.15, 0.2) is 0 Å². The average molecular weight is 264 g/mol. The zero-order chi connectivity index (χ0) is 14.5. The lowest BCUT2D eigenvalue weighted by Crippen LogP contribution is -2.41. The number of carbonyl (C=O) groups is 2. The maximum absolute atomic E-state index is 11.7. The van der Waals surface area contributed by atoms with Gasteiger partial charge < -0.3 is 15.4 Å². The van der Waals surface area contributed by atoms with Crippen molar-refractivity contribution in [2.75, 3.05) is 12.4 Å². The van der Waals surface area contributed by atoms with Crippen LogP contribution < -0.4 is 15.4 Å². The van der Waals surface area contributed by atoms with Gasteiger partial charge in [-0.15, -0.1) is 0 Å². The SMILES string of the molecule is COc1ccc(NC(=O)CC(=O)NC(C)(C)C)cc1. The number of amides is 2. The van der Waals surface area contributed by atoms with E-state index in [9.17, 15) is 9.59 Å². The molecular weight excluding hydrogens is 244 g/mol. The van der Waals surface area contributed by atoms with Gasteiger partial charge in [-0.2, -0.15) is 0 Å². The van der Waals surface area contributed by atoms with Crippen molar-refractivity contribution < 1.29 is 14.3 Å². The fraction of sp³-hybridized carbons (Fsp3) is 0.429. The normalized spacial score (nSPS) is 10.7. The minimum absolute atomic E-state index is 0.191. The molecule has 0 unspecified atom stereocenters. The van der Waals surface area contributed by atoms with Gasteiger partial charge in [0.25, 0.3) is 0 Å². The van der Waals surface area contributed by atoms with E-state index in [2.05, 4.69) is 10.6 Å². The van der Waals surface area contributed by atoms with Crippen molar-refractivity contribution >= 4 is 17.5 Å². The van der Waals surface area contributed by atoms with Crippen LogP contribution in [-0.2, 0) is 9.59 Å². The smallest absolute Gasteiger partial charge is 0.233 e. The molecule has 1 rings (SSSR count). The fourth-order valence-electron chi connectivity index (χ4n) is 1.49. The Labute approximate surface area is 113 Å². The number of methoxy groups -OCH3 is 1. The first-order valence-corrected chi connectivity index (χ1v) is 6.05. The molecule has 2 amide bonds. The second-order valence-corrected chi connectivity index (χ2v) is 5.25. The lowest BCUT2D eigenvalue weighted by Gasteiger charge is -2.20. The summed E-state index contributed by atoms with van der Waals surface area (Å²) in [5.41, 5.74) is 0.298. The third kappa shape index (κ3) is 5.90. The van der Waals surface area contributed by atoms with Gasteiger partial charge in [0, 0.05) is 11.2 Å². The number of rotatable bonds is 4. The molecule has 0 aliphatic heterocycles. The highest BCUT2D eigenvalue weighted by Gasteiger charge is 2.16. The van der Waals surface area contributed by atoms with Crippen LogP contribution in [0, 0.1) is 0 Å². The number of anilines is 1. The number of hydrogen-bond donors (Lipinski definition) is 2. The maximum atomic E-state index is 11.7. The summed E-state index contributed by atoms with van der Waals surface area (Å²) in [6.45, 7) is 5.60. The highest BCUT2D eigenvalue weighted by molar-refractivity contribution is 6.03. The van der Waals surface area contributed by atoms with Gasteiger partial charge in [-0.05, 0) is 45.0 Å². The first kappa shape index (κ1) is 15.0. The summed E-state index contributed by atoms with van der Waals surface area (Å²) in [5, 5.41) is 5.39. The minimum Gasteiger partial charge on any atom is -0.497 e. The highest BCUT2D eigenvalue weighted by atomic mass is 16.5. The van der Waals surface area contributed by atoms with E-state index < -0.39 is 0 Å². The Hall–Kier alpha value is -2.04. The molecule has 0 atom stereocenters. The lowest BCUT2D eigenvalue weighted by molar-refractivity contribution is -0.127. The average Bonchev–Trinajstić information content (AvgIpc) is 2.27. The van der Waals surface area contributed by atoms with Crippen LogP contribution in [0.1, 0.15) is 27.2 Å². The Kier molecular flexibility index (Phi) is 4.92. The van der Waals surface area contributed by atoms with E-state index >= 15 is 0 Å². The van der Waals surface area contributed by atoms with Crippen LogP contribution in [0.2, 0.25) is 0 Å². The van der Waals surface area contributed by atoms with Gasteiger partial charge in [0.1, 0.15) is 12.2 Å². The van der Waals surface area contributed by atoms with Crippen molar-refractivity contribution in [1.82, 2.24) is 5.32 Å². The van der Waals surface area contributed by atoms with Crippen molar-refractivity contribution in [1.29, 1.82) is 0 Å². The number of ether oxygens (including phenoxy) is 1. The predicted molar refractivity (Wildman–Crippen MR) is 74.1 cm³/mol. The number of nitrogens with one attached hydrogen (secondary N) is 2. The molecule has 1 aromatic rings. The molecule has 2 N–H and O–H groups in total. The predicted octanol–water partition coefficient (Wildman–Crippen LogP) is 1.94. The Morgan fingerprint density at radius 1 is 1.11 bits per heavy atom. The van der Waals surface area contributed by atoms with Gasteiger partial charge in [0.05, 0.1) is 7.11 Å². The van der Waals surface area contributed by atoms with E-state index in [0.717, 1.165) is 0 Å². The highest BCUT2D eigenvalue weighted by Crippen LogP contribution is 2.15. The van der Waals surface area contributed by atoms with E-state index in [0.29, 0.717) is 11.4 Å². The van der Waals surface area contributed by atoms with Gasteiger partial charge in [-0.3, -0.25) is 9.59 Å². The second kappa shape index (κ2) is 6.22. The molecule has 19 heavy (non-hydrogen) atoms. The largest absolute Gasteiger partial charge is 0.497 e. The molecule has 0 bridgehead atoms. The summed E-state index contributed by atoms with van der Waals surface area (Å²) in [6, 6.07) is 6.92. The first-order valence-electron chi connectivity index (χ1n) is 6.05. The summed E-state index contributed by atoms with van der Waals surface area (Å²) >= 11 is 0. The van der Waals surface area contributed by atoms with E-state index in [-0.39, 0.29) is 23.8 Å². The molecule has 0 spiro atoms. The number of benzene rings is 1. The molecule has 0 saturated heterocycles. The molecule has 5 heteroatoms. The minimum atomic E-state index is -0.341. The molecule has 0 saturated carbocycles. The van der Waals surface area contributed by atoms with Crippen LogP contribution in [0.25, 0.3) is 0 Å². The van der Waals surface area contributed by atoms with Crippen LogP contribution >= 0.6 is 0 Å². The van der Waals surface area contributed by atoms with Gasteiger partial charge >= 0.3 is 0 Å². The van der Waals surface area contributed by atoms with Crippen LogP contribution in [0.15, 0.2) is 24.3 Å². The standard InChI is InChI=1S/C14H20N2O3/c1-14(2,3)16-13(18)9-12(17)15-10-5-7-11(19-4)8-6-10/h5-8H,9H2,1-4H3,(H,15,17)(H,16,18). The first-order chi connectivity index (χ1) is 8.80. The number of hydrogen-bond acceptors (Lipinski definition) is 3. The fourth-order valence-corrected chi connectivity index (χ4v) is 1.49. The van der Waals surface area contributed by atoms with E-state index in [4.69, 9.17) is 4.74 Å². The van der Waals surface area contributed by atoms with Crippen LogP contribution in [0.4, 0.5) is 5.69 Å². The molecular formula is C14H20N2O3. The summed E-state index contributed by atoms with van der Waals surface area (Å²) in [4.78, 5) is 23.2. The Morgan fingerprint density at radius 2 is 1.68 bits per heavy atom. The molecule has 0 fully saturated rings. The van der Waals surface area contributed by atoms with Crippen LogP contribution in [-0.4, -0.2) is 24.5 Å². The second-order valence-electron chi connectivity index (χ2n) is 5.25. The maximum Gasteiger partial charge on any atom is 0.233 e. The topological polar surface area (TPSA) is 67.4 Å². The summed E-state index contributed by atoms with van der Waals surface area (Å²) < 4.78 is 5.02. The van der Waals surface area contributed by atoms with E-state index in [1.165, 1.54) is 0 Å². The summed E-state index contributed by atoms with van der Waals surface area (Å²) in [7, 11) is 1.57. The van der Waals surface area contributed by atoms with Crippen molar-refractivity contribution in [2.45, 2.75) is 32.7 Å². The van der Waals surface area contributed by atoms with E-state index in [1.54, 1.807) is 31.4 Å². The quantitative estimate of drug-likeness (QED) is 0.817. The van der Waals surface area contributed by atoms with Crippen molar-refractivity contribution in [3.63, 3.8) is 0 Å². The summed E-state index contributed by atoms with van der Waals surface area (Å²) in [5.74, 6) is 0.0777. The third-order valence-corrected chi connectivity index (χ3v) is 2.21. The van der Waals surface area contributed by atoms with Gasteiger partial charge in [-0.25, -0.2) is 0 Å². The monoisotopic (exact) mass is 264 g/mol. The van der Waals surface area contributed by atoms with Gasteiger partial charge in [-0.1, -0.05) is 0 Å². The third-order valence-electron chi connectivity index (χ3n) is 2.21. The molecule has 0 heterocycles. The zero-order valence-corrected chi connectivity index (χ0v) is 11.7. The number of carbonyl (C=O) groups excluding carboxylic acids is 2. The molecule has 5 nitrogen and oxygen atoms in total. The van der Waals surface area contributed by atoms with Crippen molar-refractivity contribution in [2.24, 2.45) is 0 Å². The molecule has 0 aromatic heterocycles. The van der Waals surface area contributed by atoms with Crippen LogP contribution in [0.5, 0.6) is 5.75 Å². The molecule has 1 aromatic carbocycles. The molecule has 104 valence electrons. The zero-order valence-electron chi connectivity index (χ0n) is 11.7. The Balaban J connectivity index is 2.48. The molecule has 0 aliphatic carbocycles. The van der Waals surface area contributed by atoms with Crippen molar-refractivity contribution in [3.8, 4) is 5.75 Å². The molecule has 0 aliphatic rings. The van der Waals surface area contributed by atoms with Crippen LogP contribution in [0.3, 0.4) is 0 Å². The Bertz CT molecular complexity index is 447. The Morgan fingerprint density at radius 3 is 2.16 bits per heavy atom. The van der Waals surface area contributed by atoms with Crippen molar-refractivity contribution in [3.05, 3.63) is 24.3 Å². The van der Waals surface area contributed by atoms with Gasteiger partial charge in [0.2, 0.25) is 11.8 Å². The molecule has 0 radical (unpaired) electrons. The van der Waals surface area contributed by atoms with E-state index in [1.807, 2.05) is 20.8 Å². The lowest BCUT2D eigenvalue weighted by atomic mass is 10.1. The summed E-state index contributed by atoms with van der Waals surface area (Å²) in [6.07, 6.45) is -0.191.